The first kappa shape index (κ1) is 8.53. The van der Waals surface area contributed by atoms with Crippen LogP contribution in [0.3, 0.4) is 0 Å². The van der Waals surface area contributed by atoms with Gasteiger partial charge in [-0.2, -0.15) is 0 Å². The number of Topliss-reactive ketones (excluding diaryl/α,β-unsaturated/α-hetero) is 1. The maximum atomic E-state index is 11.0. The van der Waals surface area contributed by atoms with Gasteiger partial charge in [-0.05, 0) is 18.6 Å². The largest absolute Gasteiger partial charge is 0.507 e. The van der Waals surface area contributed by atoms with Gasteiger partial charge in [-0.15, -0.1) is 0 Å². The molecule has 1 aromatic carbocycles. The second-order valence-corrected chi connectivity index (χ2v) is 2.50. The number of hydrogen-bond donors (Lipinski definition) is 1. The number of rotatable bonds is 2. The molecule has 0 bridgehead atoms. The van der Waals surface area contributed by atoms with Crippen molar-refractivity contribution in [3.05, 3.63) is 35.9 Å². The van der Waals surface area contributed by atoms with Crippen LogP contribution in [0, 0.1) is 0 Å². The molecule has 0 spiro atoms. The topological polar surface area (TPSA) is 37.3 Å². The molecule has 0 radical (unpaired) electrons. The lowest BCUT2D eigenvalue weighted by Crippen LogP contribution is -1.95. The molecule has 0 saturated heterocycles. The first-order chi connectivity index (χ1) is 5.66. The number of aromatic hydroxyl groups is 1. The van der Waals surface area contributed by atoms with E-state index in [4.69, 9.17) is 0 Å². The summed E-state index contributed by atoms with van der Waals surface area (Å²) in [6, 6.07) is 4.91. The van der Waals surface area contributed by atoms with Crippen LogP contribution in [-0.4, -0.2) is 10.9 Å². The zero-order valence-corrected chi connectivity index (χ0v) is 6.87. The standard InChI is InChI=1S/C10H10O2/c1-3-8-5-4-6-9(12)10(8)7(2)11/h3-6,12H,1H2,2H3. The second-order valence-electron chi connectivity index (χ2n) is 2.50. The number of carbonyl (C=O) groups is 1. The van der Waals surface area contributed by atoms with E-state index >= 15 is 0 Å². The van der Waals surface area contributed by atoms with Gasteiger partial charge in [0.2, 0.25) is 0 Å². The first-order valence-corrected chi connectivity index (χ1v) is 3.62. The van der Waals surface area contributed by atoms with Crippen molar-refractivity contribution in [1.82, 2.24) is 0 Å². The molecule has 0 amide bonds. The predicted molar refractivity (Wildman–Crippen MR) is 48.2 cm³/mol. The molecule has 0 aliphatic carbocycles. The average molecular weight is 162 g/mol. The molecule has 1 rings (SSSR count). The zero-order valence-electron chi connectivity index (χ0n) is 6.87. The predicted octanol–water partition coefficient (Wildman–Crippen LogP) is 2.24. The molecule has 0 aromatic heterocycles. The van der Waals surface area contributed by atoms with E-state index in [1.807, 2.05) is 0 Å². The summed E-state index contributed by atoms with van der Waals surface area (Å²) >= 11 is 0. The Morgan fingerprint density at radius 2 is 2.25 bits per heavy atom. The third-order valence-electron chi connectivity index (χ3n) is 1.65. The molecule has 0 fully saturated rings. The van der Waals surface area contributed by atoms with Crippen LogP contribution in [0.1, 0.15) is 22.8 Å². The minimum atomic E-state index is -0.150. The lowest BCUT2D eigenvalue weighted by Gasteiger charge is -2.03. The normalized spacial score (nSPS) is 9.42. The lowest BCUT2D eigenvalue weighted by molar-refractivity contribution is 0.101. The summed E-state index contributed by atoms with van der Waals surface area (Å²) in [5.41, 5.74) is 1.01. The fraction of sp³-hybridized carbons (Fsp3) is 0.100. The van der Waals surface area contributed by atoms with Gasteiger partial charge in [0.15, 0.2) is 5.78 Å². The highest BCUT2D eigenvalue weighted by molar-refractivity contribution is 6.00. The minimum Gasteiger partial charge on any atom is -0.507 e. The Labute approximate surface area is 71.2 Å². The van der Waals surface area contributed by atoms with Crippen LogP contribution in [-0.2, 0) is 0 Å². The van der Waals surface area contributed by atoms with Crippen molar-refractivity contribution in [2.45, 2.75) is 6.92 Å². The Morgan fingerprint density at radius 3 is 2.67 bits per heavy atom. The molecule has 0 saturated carbocycles. The van der Waals surface area contributed by atoms with Gasteiger partial charge in [0.1, 0.15) is 5.75 Å². The molecule has 0 aliphatic rings. The Bertz CT molecular complexity index is 327. The molecule has 62 valence electrons. The summed E-state index contributed by atoms with van der Waals surface area (Å²) < 4.78 is 0. The van der Waals surface area contributed by atoms with Crippen LogP contribution in [0.2, 0.25) is 0 Å². The summed E-state index contributed by atoms with van der Waals surface area (Å²) in [4.78, 5) is 11.0. The third kappa shape index (κ3) is 1.37. The fourth-order valence-electron chi connectivity index (χ4n) is 1.11. The Balaban J connectivity index is 3.39. The van der Waals surface area contributed by atoms with Gasteiger partial charge in [-0.1, -0.05) is 24.8 Å². The summed E-state index contributed by atoms with van der Waals surface area (Å²) in [5.74, 6) is -0.136. The van der Waals surface area contributed by atoms with Crippen molar-refractivity contribution >= 4 is 11.9 Å². The molecule has 12 heavy (non-hydrogen) atoms. The van der Waals surface area contributed by atoms with Crippen LogP contribution in [0.25, 0.3) is 6.08 Å². The van der Waals surface area contributed by atoms with Gasteiger partial charge in [-0.3, -0.25) is 4.79 Å². The third-order valence-corrected chi connectivity index (χ3v) is 1.65. The van der Waals surface area contributed by atoms with Crippen LogP contribution in [0.5, 0.6) is 5.75 Å². The van der Waals surface area contributed by atoms with E-state index in [0.717, 1.165) is 0 Å². The van der Waals surface area contributed by atoms with Crippen molar-refractivity contribution in [3.63, 3.8) is 0 Å². The molecule has 1 N–H and O–H groups in total. The number of benzene rings is 1. The van der Waals surface area contributed by atoms with Gasteiger partial charge >= 0.3 is 0 Å². The molecule has 0 unspecified atom stereocenters. The Kier molecular flexibility index (Phi) is 2.29. The van der Waals surface area contributed by atoms with Gasteiger partial charge in [-0.25, -0.2) is 0 Å². The number of phenols is 1. The number of phenolic OH excluding ortho intramolecular Hbond substituents is 1. The van der Waals surface area contributed by atoms with E-state index in [0.29, 0.717) is 11.1 Å². The molecule has 2 nitrogen and oxygen atoms in total. The summed E-state index contributed by atoms with van der Waals surface area (Å²) in [5, 5.41) is 9.32. The van der Waals surface area contributed by atoms with Crippen LogP contribution in [0.15, 0.2) is 24.8 Å². The van der Waals surface area contributed by atoms with Gasteiger partial charge in [0, 0.05) is 0 Å². The first-order valence-electron chi connectivity index (χ1n) is 3.62. The maximum absolute atomic E-state index is 11.0. The lowest BCUT2D eigenvalue weighted by atomic mass is 10.0. The zero-order chi connectivity index (χ0) is 9.14. The number of ketones is 1. The van der Waals surface area contributed by atoms with Crippen LogP contribution in [0.4, 0.5) is 0 Å². The van der Waals surface area contributed by atoms with Gasteiger partial charge in [0.25, 0.3) is 0 Å². The highest BCUT2D eigenvalue weighted by atomic mass is 16.3. The van der Waals surface area contributed by atoms with E-state index < -0.39 is 0 Å². The monoisotopic (exact) mass is 162 g/mol. The average Bonchev–Trinajstić information content (AvgIpc) is 2.03. The Hall–Kier alpha value is -1.57. The molecule has 1 aromatic rings. The summed E-state index contributed by atoms with van der Waals surface area (Å²) in [7, 11) is 0. The number of carbonyl (C=O) groups excluding carboxylic acids is 1. The highest BCUT2D eigenvalue weighted by Gasteiger charge is 2.08. The summed E-state index contributed by atoms with van der Waals surface area (Å²) in [6.45, 7) is 4.97. The van der Waals surface area contributed by atoms with Crippen molar-refractivity contribution in [2.75, 3.05) is 0 Å². The SMILES string of the molecule is C=Cc1cccc(O)c1C(C)=O. The van der Waals surface area contributed by atoms with Gasteiger partial charge < -0.3 is 5.11 Å². The van der Waals surface area contributed by atoms with Crippen molar-refractivity contribution in [1.29, 1.82) is 0 Å². The maximum Gasteiger partial charge on any atom is 0.164 e. The van der Waals surface area contributed by atoms with E-state index in [-0.39, 0.29) is 11.5 Å². The molecule has 0 heterocycles. The molecular formula is C10H10O2. The van der Waals surface area contributed by atoms with E-state index in [2.05, 4.69) is 6.58 Å². The molecular weight excluding hydrogens is 152 g/mol. The second kappa shape index (κ2) is 3.22. The highest BCUT2D eigenvalue weighted by Crippen LogP contribution is 2.21. The smallest absolute Gasteiger partial charge is 0.164 e. The fourth-order valence-corrected chi connectivity index (χ4v) is 1.11. The van der Waals surface area contributed by atoms with Crippen molar-refractivity contribution in [2.24, 2.45) is 0 Å². The Morgan fingerprint density at radius 1 is 1.58 bits per heavy atom. The van der Waals surface area contributed by atoms with E-state index in [9.17, 15) is 9.90 Å². The summed E-state index contributed by atoms with van der Waals surface area (Å²) in [6.07, 6.45) is 1.55. The molecule has 2 heteroatoms. The van der Waals surface area contributed by atoms with Crippen molar-refractivity contribution in [3.8, 4) is 5.75 Å². The quantitative estimate of drug-likeness (QED) is 0.677. The van der Waals surface area contributed by atoms with E-state index in [1.165, 1.54) is 13.0 Å². The van der Waals surface area contributed by atoms with Crippen LogP contribution >= 0.6 is 0 Å². The van der Waals surface area contributed by atoms with Gasteiger partial charge in [0.05, 0.1) is 5.56 Å². The molecule has 0 atom stereocenters. The minimum absolute atomic E-state index is 0.0138. The van der Waals surface area contributed by atoms with Crippen LogP contribution < -0.4 is 0 Å². The molecule has 0 aliphatic heterocycles. The van der Waals surface area contributed by atoms with E-state index in [1.54, 1.807) is 18.2 Å². The number of hydrogen-bond acceptors (Lipinski definition) is 2. The van der Waals surface area contributed by atoms with Crippen molar-refractivity contribution < 1.29 is 9.90 Å².